The van der Waals surface area contributed by atoms with E-state index in [-0.39, 0.29) is 12.1 Å². The van der Waals surface area contributed by atoms with Crippen LogP contribution in [0.15, 0.2) is 48.5 Å². The van der Waals surface area contributed by atoms with E-state index in [4.69, 9.17) is 26.1 Å². The maximum Gasteiger partial charge on any atom is 0.410 e. The van der Waals surface area contributed by atoms with E-state index >= 15 is 0 Å². The van der Waals surface area contributed by atoms with E-state index in [0.717, 1.165) is 29.4 Å². The molecule has 1 atom stereocenters. The molecular weight excluding hydrogens is 414 g/mol. The molecule has 0 spiro atoms. The molecule has 0 radical (unpaired) electrons. The topological polar surface area (TPSA) is 56.6 Å². The number of likely N-dealkylation sites (tertiary alicyclic amines) is 1. The first-order chi connectivity index (χ1) is 14.8. The molecule has 0 unspecified atom stereocenters. The summed E-state index contributed by atoms with van der Waals surface area (Å²) >= 11 is 6.18. The predicted molar refractivity (Wildman–Crippen MR) is 122 cm³/mol. The largest absolute Gasteiger partial charge is 0.462 e. The van der Waals surface area contributed by atoms with Crippen molar-refractivity contribution in [3.63, 3.8) is 0 Å². The number of hydrogen-bond donors (Lipinski definition) is 0. The molecule has 0 aliphatic carbocycles. The average molecular weight is 442 g/mol. The van der Waals surface area contributed by atoms with E-state index in [1.807, 2.05) is 73.9 Å². The highest BCUT2D eigenvalue weighted by molar-refractivity contribution is 6.30. The number of halogens is 1. The Morgan fingerprint density at radius 2 is 2.00 bits per heavy atom. The van der Waals surface area contributed by atoms with Gasteiger partial charge in [-0.15, -0.1) is 0 Å². The fourth-order valence-corrected chi connectivity index (χ4v) is 4.09. The molecule has 4 rings (SSSR count). The number of amides is 1. The van der Waals surface area contributed by atoms with Gasteiger partial charge in [0.05, 0.1) is 23.6 Å². The van der Waals surface area contributed by atoms with Crippen LogP contribution in [0.5, 0.6) is 6.01 Å². The van der Waals surface area contributed by atoms with Gasteiger partial charge in [-0.25, -0.2) is 4.79 Å². The van der Waals surface area contributed by atoms with E-state index in [1.54, 1.807) is 4.90 Å². The Morgan fingerprint density at radius 3 is 2.77 bits per heavy atom. The SMILES string of the molecule is CC(C)(C)OC(=O)N1CCC[C@@H]1COc1nc2ccccc2n1Cc1cccc(Cl)c1. The summed E-state index contributed by atoms with van der Waals surface area (Å²) in [4.78, 5) is 19.0. The molecule has 164 valence electrons. The molecule has 1 amide bonds. The molecule has 1 aliphatic heterocycles. The lowest BCUT2D eigenvalue weighted by atomic mass is 10.2. The van der Waals surface area contributed by atoms with Gasteiger partial charge in [-0.3, -0.25) is 4.57 Å². The fourth-order valence-electron chi connectivity index (χ4n) is 3.87. The second-order valence-electron chi connectivity index (χ2n) is 8.88. The molecular formula is C24H28ClN3O3. The highest BCUT2D eigenvalue weighted by atomic mass is 35.5. The summed E-state index contributed by atoms with van der Waals surface area (Å²) in [6.07, 6.45) is 1.53. The lowest BCUT2D eigenvalue weighted by molar-refractivity contribution is 0.0183. The van der Waals surface area contributed by atoms with Gasteiger partial charge in [-0.1, -0.05) is 35.9 Å². The fraction of sp³-hybridized carbons (Fsp3) is 0.417. The summed E-state index contributed by atoms with van der Waals surface area (Å²) in [5.74, 6) is 0. The number of benzene rings is 2. The van der Waals surface area contributed by atoms with Gasteiger partial charge in [-0.05, 0) is 63.4 Å². The Kier molecular flexibility index (Phi) is 6.10. The van der Waals surface area contributed by atoms with E-state index in [0.29, 0.717) is 30.7 Å². The van der Waals surface area contributed by atoms with Crippen LogP contribution in [0.1, 0.15) is 39.2 Å². The molecule has 1 fully saturated rings. The third kappa shape index (κ3) is 5.13. The molecule has 1 saturated heterocycles. The average Bonchev–Trinajstić information content (AvgIpc) is 3.30. The van der Waals surface area contributed by atoms with Crippen molar-refractivity contribution in [3.8, 4) is 6.01 Å². The first kappa shape index (κ1) is 21.5. The molecule has 1 aromatic heterocycles. The molecule has 3 aromatic rings. The van der Waals surface area contributed by atoms with Gasteiger partial charge in [0.25, 0.3) is 6.01 Å². The van der Waals surface area contributed by atoms with Gasteiger partial charge in [0, 0.05) is 11.6 Å². The third-order valence-electron chi connectivity index (χ3n) is 5.26. The van der Waals surface area contributed by atoms with Crippen molar-refractivity contribution in [2.45, 2.75) is 51.8 Å². The van der Waals surface area contributed by atoms with Crippen LogP contribution >= 0.6 is 11.6 Å². The zero-order chi connectivity index (χ0) is 22.0. The van der Waals surface area contributed by atoms with Crippen LogP contribution in [0.4, 0.5) is 4.79 Å². The molecule has 1 aliphatic rings. The van der Waals surface area contributed by atoms with E-state index in [9.17, 15) is 4.79 Å². The zero-order valence-corrected chi connectivity index (χ0v) is 18.9. The van der Waals surface area contributed by atoms with Crippen molar-refractivity contribution in [2.24, 2.45) is 0 Å². The smallest absolute Gasteiger partial charge is 0.410 e. The van der Waals surface area contributed by atoms with E-state index in [1.165, 1.54) is 0 Å². The number of aromatic nitrogens is 2. The number of carbonyl (C=O) groups excluding carboxylic acids is 1. The lowest BCUT2D eigenvalue weighted by Crippen LogP contribution is -2.42. The molecule has 0 bridgehead atoms. The summed E-state index contributed by atoms with van der Waals surface area (Å²) in [5, 5.41) is 0.698. The monoisotopic (exact) mass is 441 g/mol. The van der Waals surface area contributed by atoms with Crippen LogP contribution in [-0.4, -0.2) is 45.3 Å². The number of rotatable bonds is 5. The van der Waals surface area contributed by atoms with Gasteiger partial charge < -0.3 is 14.4 Å². The van der Waals surface area contributed by atoms with Crippen molar-refractivity contribution in [3.05, 3.63) is 59.1 Å². The molecule has 6 nitrogen and oxygen atoms in total. The maximum absolute atomic E-state index is 12.6. The quantitative estimate of drug-likeness (QED) is 0.523. The van der Waals surface area contributed by atoms with E-state index < -0.39 is 5.60 Å². The molecule has 2 aromatic carbocycles. The van der Waals surface area contributed by atoms with Crippen molar-refractivity contribution >= 4 is 28.7 Å². The minimum atomic E-state index is -0.518. The third-order valence-corrected chi connectivity index (χ3v) is 5.49. The van der Waals surface area contributed by atoms with Crippen molar-refractivity contribution in [1.29, 1.82) is 0 Å². The summed E-state index contributed by atoms with van der Waals surface area (Å²) in [6.45, 7) is 7.29. The second-order valence-corrected chi connectivity index (χ2v) is 9.32. The van der Waals surface area contributed by atoms with Crippen LogP contribution in [-0.2, 0) is 11.3 Å². The summed E-state index contributed by atoms with van der Waals surface area (Å²) in [6, 6.07) is 16.2. The van der Waals surface area contributed by atoms with Crippen LogP contribution in [0.2, 0.25) is 5.02 Å². The van der Waals surface area contributed by atoms with Crippen LogP contribution in [0, 0.1) is 0 Å². The first-order valence-electron chi connectivity index (χ1n) is 10.6. The second kappa shape index (κ2) is 8.79. The van der Waals surface area contributed by atoms with E-state index in [2.05, 4.69) is 0 Å². The van der Waals surface area contributed by atoms with Crippen molar-refractivity contribution < 1.29 is 14.3 Å². The predicted octanol–water partition coefficient (Wildman–Crippen LogP) is 5.52. The zero-order valence-electron chi connectivity index (χ0n) is 18.2. The standard InChI is InChI=1S/C24H28ClN3O3/c1-24(2,3)31-23(29)27-13-7-10-19(27)16-30-22-26-20-11-4-5-12-21(20)28(22)15-17-8-6-9-18(25)14-17/h4-6,8-9,11-12,14,19H,7,10,13,15-16H2,1-3H3/t19-/m1/s1. The van der Waals surface area contributed by atoms with Crippen LogP contribution < -0.4 is 4.74 Å². The lowest BCUT2D eigenvalue weighted by Gasteiger charge is -2.28. The molecule has 7 heteroatoms. The van der Waals surface area contributed by atoms with Gasteiger partial charge in [0.2, 0.25) is 0 Å². The van der Waals surface area contributed by atoms with Crippen molar-refractivity contribution in [1.82, 2.24) is 14.5 Å². The van der Waals surface area contributed by atoms with Gasteiger partial charge in [0.15, 0.2) is 0 Å². The van der Waals surface area contributed by atoms with Gasteiger partial charge >= 0.3 is 6.09 Å². The Hall–Kier alpha value is -2.73. The molecule has 0 saturated carbocycles. The minimum absolute atomic E-state index is 0.0331. The van der Waals surface area contributed by atoms with Crippen LogP contribution in [0.25, 0.3) is 11.0 Å². The Labute approximate surface area is 187 Å². The van der Waals surface area contributed by atoms with Gasteiger partial charge in [0.1, 0.15) is 12.2 Å². The number of imidazole rings is 1. The Morgan fingerprint density at radius 1 is 1.19 bits per heavy atom. The highest BCUT2D eigenvalue weighted by Gasteiger charge is 2.33. The van der Waals surface area contributed by atoms with Crippen LogP contribution in [0.3, 0.4) is 0 Å². The Bertz CT molecular complexity index is 1070. The van der Waals surface area contributed by atoms with Crippen molar-refractivity contribution in [2.75, 3.05) is 13.2 Å². The molecule has 31 heavy (non-hydrogen) atoms. The summed E-state index contributed by atoms with van der Waals surface area (Å²) in [5.41, 5.74) is 2.41. The number of para-hydroxylation sites is 2. The van der Waals surface area contributed by atoms with Gasteiger partial charge in [-0.2, -0.15) is 4.98 Å². The summed E-state index contributed by atoms with van der Waals surface area (Å²) in [7, 11) is 0. The summed E-state index contributed by atoms with van der Waals surface area (Å²) < 4.78 is 13.8. The number of nitrogens with zero attached hydrogens (tertiary/aromatic N) is 3. The number of fused-ring (bicyclic) bond motifs is 1. The Balaban J connectivity index is 1.53. The minimum Gasteiger partial charge on any atom is -0.462 e. The normalized spacial score (nSPS) is 16.6. The number of carbonyl (C=O) groups is 1. The number of ether oxygens (including phenoxy) is 2. The molecule has 0 N–H and O–H groups in total. The highest BCUT2D eigenvalue weighted by Crippen LogP contribution is 2.26. The first-order valence-corrected chi connectivity index (χ1v) is 11.0. The number of hydrogen-bond acceptors (Lipinski definition) is 4. The molecule has 2 heterocycles. The maximum atomic E-state index is 12.6.